The molecule has 6 nitrogen and oxygen atoms in total. The van der Waals surface area contributed by atoms with Crippen LogP contribution in [-0.4, -0.2) is 28.2 Å². The number of H-pyrrole nitrogens is 1. The fourth-order valence-electron chi connectivity index (χ4n) is 3.03. The Bertz CT molecular complexity index is 1230. The highest BCUT2D eigenvalue weighted by atomic mass is 35.5. The second kappa shape index (κ2) is 8.26. The monoisotopic (exact) mass is 442 g/mol. The topological polar surface area (TPSA) is 84.4 Å². The zero-order chi connectivity index (χ0) is 21.3. The lowest BCUT2D eigenvalue weighted by Gasteiger charge is -2.13. The van der Waals surface area contributed by atoms with Crippen LogP contribution in [0.15, 0.2) is 54.6 Å². The van der Waals surface area contributed by atoms with Gasteiger partial charge in [0.25, 0.3) is 0 Å². The van der Waals surface area contributed by atoms with Gasteiger partial charge in [-0.1, -0.05) is 29.3 Å². The molecule has 0 amide bonds. The van der Waals surface area contributed by atoms with Crippen molar-refractivity contribution < 1.29 is 19.4 Å². The number of rotatable bonds is 6. The van der Waals surface area contributed by atoms with Crippen LogP contribution in [0.4, 0.5) is 0 Å². The number of methoxy groups -OCH3 is 1. The van der Waals surface area contributed by atoms with E-state index in [0.717, 1.165) is 5.56 Å². The molecule has 1 heterocycles. The lowest BCUT2D eigenvalue weighted by molar-refractivity contribution is 0.0697. The predicted octanol–water partition coefficient (Wildman–Crippen LogP) is 5.82. The molecule has 0 saturated carbocycles. The van der Waals surface area contributed by atoms with Crippen molar-refractivity contribution >= 4 is 40.2 Å². The smallest absolute Gasteiger partial charge is 0.335 e. The number of imidazole rings is 1. The average molecular weight is 443 g/mol. The largest absolute Gasteiger partial charge is 0.493 e. The Morgan fingerprint density at radius 1 is 1.07 bits per heavy atom. The van der Waals surface area contributed by atoms with Crippen LogP contribution >= 0.6 is 23.2 Å². The zero-order valence-electron chi connectivity index (χ0n) is 15.8. The molecule has 0 atom stereocenters. The molecular weight excluding hydrogens is 427 g/mol. The highest BCUT2D eigenvalue weighted by molar-refractivity contribution is 6.35. The molecule has 8 heteroatoms. The molecule has 4 rings (SSSR count). The average Bonchev–Trinajstić information content (AvgIpc) is 3.16. The Morgan fingerprint density at radius 3 is 2.53 bits per heavy atom. The molecule has 0 aliphatic carbocycles. The summed E-state index contributed by atoms with van der Waals surface area (Å²) in [6.07, 6.45) is 0. The number of benzene rings is 3. The van der Waals surface area contributed by atoms with Gasteiger partial charge >= 0.3 is 5.97 Å². The van der Waals surface area contributed by atoms with Gasteiger partial charge in [0, 0.05) is 21.2 Å². The molecule has 0 bridgehead atoms. The Hall–Kier alpha value is -3.22. The van der Waals surface area contributed by atoms with Gasteiger partial charge in [0.05, 0.1) is 23.7 Å². The number of aromatic carboxylic acids is 1. The minimum Gasteiger partial charge on any atom is -0.493 e. The van der Waals surface area contributed by atoms with Gasteiger partial charge in [-0.05, 0) is 48.5 Å². The van der Waals surface area contributed by atoms with Gasteiger partial charge in [-0.15, -0.1) is 0 Å². The number of halogens is 2. The van der Waals surface area contributed by atoms with Crippen LogP contribution in [0.2, 0.25) is 10.0 Å². The molecule has 152 valence electrons. The number of carbonyl (C=O) groups is 1. The Morgan fingerprint density at radius 2 is 1.83 bits per heavy atom. The quantitative estimate of drug-likeness (QED) is 0.392. The summed E-state index contributed by atoms with van der Waals surface area (Å²) in [4.78, 5) is 18.8. The summed E-state index contributed by atoms with van der Waals surface area (Å²) in [7, 11) is 1.55. The van der Waals surface area contributed by atoms with Crippen molar-refractivity contribution in [2.75, 3.05) is 7.11 Å². The zero-order valence-corrected chi connectivity index (χ0v) is 17.3. The minimum absolute atomic E-state index is 0.191. The number of carboxylic acids is 1. The molecule has 1 aromatic heterocycles. The van der Waals surface area contributed by atoms with Crippen molar-refractivity contribution in [3.05, 3.63) is 75.8 Å². The number of ether oxygens (including phenoxy) is 2. The van der Waals surface area contributed by atoms with Crippen LogP contribution in [0, 0.1) is 0 Å². The molecular formula is C22H16Cl2N2O4. The molecule has 0 aliphatic rings. The molecule has 30 heavy (non-hydrogen) atoms. The Balaban J connectivity index is 1.62. The molecule has 0 spiro atoms. The molecule has 4 aromatic rings. The maximum atomic E-state index is 11.2. The van der Waals surface area contributed by atoms with Crippen molar-refractivity contribution in [1.82, 2.24) is 9.97 Å². The summed E-state index contributed by atoms with van der Waals surface area (Å²) in [5.41, 5.74) is 2.96. The van der Waals surface area contributed by atoms with E-state index in [4.69, 9.17) is 37.8 Å². The summed E-state index contributed by atoms with van der Waals surface area (Å²) in [5, 5.41) is 10.2. The number of nitrogens with one attached hydrogen (secondary N) is 1. The van der Waals surface area contributed by atoms with E-state index < -0.39 is 5.97 Å². The first kappa shape index (κ1) is 20.1. The van der Waals surface area contributed by atoms with Crippen LogP contribution in [0.1, 0.15) is 15.9 Å². The first-order valence-corrected chi connectivity index (χ1v) is 9.69. The van der Waals surface area contributed by atoms with Crippen molar-refractivity contribution in [2.45, 2.75) is 6.61 Å². The van der Waals surface area contributed by atoms with Crippen LogP contribution in [0.5, 0.6) is 11.5 Å². The van der Waals surface area contributed by atoms with Gasteiger partial charge in [0.15, 0.2) is 11.5 Å². The van der Waals surface area contributed by atoms with Gasteiger partial charge in [-0.25, -0.2) is 9.78 Å². The number of carboxylic acid groups (broad SMARTS) is 1. The molecule has 3 aromatic carbocycles. The van der Waals surface area contributed by atoms with Crippen LogP contribution in [-0.2, 0) is 6.61 Å². The van der Waals surface area contributed by atoms with E-state index in [-0.39, 0.29) is 12.2 Å². The number of aromatic nitrogens is 2. The summed E-state index contributed by atoms with van der Waals surface area (Å²) < 4.78 is 11.3. The minimum atomic E-state index is -0.991. The third-order valence-corrected chi connectivity index (χ3v) is 5.31. The highest BCUT2D eigenvalue weighted by Gasteiger charge is 2.13. The molecule has 0 aliphatic heterocycles. The molecule has 0 saturated heterocycles. The molecule has 2 N–H and O–H groups in total. The number of fused-ring (bicyclic) bond motifs is 1. The van der Waals surface area contributed by atoms with E-state index >= 15 is 0 Å². The van der Waals surface area contributed by atoms with E-state index in [0.29, 0.717) is 44.0 Å². The third kappa shape index (κ3) is 3.92. The number of nitrogens with zero attached hydrogens (tertiary/aromatic N) is 1. The van der Waals surface area contributed by atoms with E-state index in [1.807, 2.05) is 6.07 Å². The molecule has 0 unspecified atom stereocenters. The standard InChI is InChI=1S/C22H16Cl2N2O4/c1-29-20-10-12(21-25-17-7-5-13(22(27)28)9-18(17)26-21)6-8-19(20)30-11-14-15(23)3-2-4-16(14)24/h2-10H,11H2,1H3,(H,25,26)(H,27,28). The van der Waals surface area contributed by atoms with Gasteiger partial charge < -0.3 is 19.6 Å². The first-order chi connectivity index (χ1) is 14.5. The predicted molar refractivity (Wildman–Crippen MR) is 116 cm³/mol. The second-order valence-corrected chi connectivity index (χ2v) is 7.29. The lowest BCUT2D eigenvalue weighted by Crippen LogP contribution is -1.99. The summed E-state index contributed by atoms with van der Waals surface area (Å²) in [5.74, 6) is 0.644. The van der Waals surface area contributed by atoms with Gasteiger partial charge in [-0.2, -0.15) is 0 Å². The fraction of sp³-hybridized carbons (Fsp3) is 0.0909. The van der Waals surface area contributed by atoms with Crippen molar-refractivity contribution in [3.63, 3.8) is 0 Å². The van der Waals surface area contributed by atoms with Crippen molar-refractivity contribution in [2.24, 2.45) is 0 Å². The normalized spacial score (nSPS) is 10.9. The van der Waals surface area contributed by atoms with Crippen molar-refractivity contribution in [3.8, 4) is 22.9 Å². The second-order valence-electron chi connectivity index (χ2n) is 6.48. The van der Waals surface area contributed by atoms with Crippen LogP contribution < -0.4 is 9.47 Å². The first-order valence-electron chi connectivity index (χ1n) is 8.93. The van der Waals surface area contributed by atoms with Gasteiger partial charge in [0.1, 0.15) is 12.4 Å². The lowest BCUT2D eigenvalue weighted by atomic mass is 10.2. The van der Waals surface area contributed by atoms with E-state index in [1.165, 1.54) is 6.07 Å². The molecule has 0 radical (unpaired) electrons. The molecule has 0 fully saturated rings. The highest BCUT2D eigenvalue weighted by Crippen LogP contribution is 2.34. The van der Waals surface area contributed by atoms with Gasteiger partial charge in [0.2, 0.25) is 0 Å². The fourth-order valence-corrected chi connectivity index (χ4v) is 3.54. The number of aromatic amines is 1. The maximum Gasteiger partial charge on any atom is 0.335 e. The van der Waals surface area contributed by atoms with E-state index in [1.54, 1.807) is 49.6 Å². The number of hydrogen-bond donors (Lipinski definition) is 2. The third-order valence-electron chi connectivity index (χ3n) is 4.60. The summed E-state index contributed by atoms with van der Waals surface area (Å²) >= 11 is 12.4. The Labute approximate surface area is 182 Å². The van der Waals surface area contributed by atoms with E-state index in [9.17, 15) is 4.79 Å². The van der Waals surface area contributed by atoms with Crippen LogP contribution in [0.3, 0.4) is 0 Å². The van der Waals surface area contributed by atoms with Crippen LogP contribution in [0.25, 0.3) is 22.4 Å². The SMILES string of the molecule is COc1cc(-c2nc3ccc(C(=O)O)cc3[nH]2)ccc1OCc1c(Cl)cccc1Cl. The summed E-state index contributed by atoms with van der Waals surface area (Å²) in [6.45, 7) is 0.191. The van der Waals surface area contributed by atoms with Crippen molar-refractivity contribution in [1.29, 1.82) is 0 Å². The Kier molecular flexibility index (Phi) is 5.53. The number of hydrogen-bond acceptors (Lipinski definition) is 4. The van der Waals surface area contributed by atoms with E-state index in [2.05, 4.69) is 9.97 Å². The maximum absolute atomic E-state index is 11.2. The van der Waals surface area contributed by atoms with Gasteiger partial charge in [-0.3, -0.25) is 0 Å². The summed E-state index contributed by atoms with van der Waals surface area (Å²) in [6, 6.07) is 15.4.